The summed E-state index contributed by atoms with van der Waals surface area (Å²) in [5, 5.41) is 11.8. The summed E-state index contributed by atoms with van der Waals surface area (Å²) >= 11 is 0. The van der Waals surface area contributed by atoms with Gasteiger partial charge in [-0.05, 0) is 12.1 Å². The fraction of sp³-hybridized carbons (Fsp3) is 0.182. The number of nitrogens with zero attached hydrogens (tertiary/aromatic N) is 4. The van der Waals surface area contributed by atoms with E-state index in [1.54, 1.807) is 24.5 Å². The number of pyridine rings is 1. The molecule has 2 rings (SSSR count). The van der Waals surface area contributed by atoms with Crippen LogP contribution in [0.3, 0.4) is 0 Å². The van der Waals surface area contributed by atoms with Crippen molar-refractivity contribution in [3.05, 3.63) is 42.1 Å². The minimum Gasteiger partial charge on any atom is -0.363 e. The zero-order valence-corrected chi connectivity index (χ0v) is 8.88. The molecule has 5 nitrogen and oxygen atoms in total. The molecule has 0 aliphatic rings. The quantitative estimate of drug-likeness (QED) is 0.834. The van der Waals surface area contributed by atoms with Gasteiger partial charge in [-0.25, -0.2) is 9.97 Å². The summed E-state index contributed by atoms with van der Waals surface area (Å²) in [5.74, 6) is 1.67. The number of nitrogens with one attached hydrogen (secondary N) is 1. The van der Waals surface area contributed by atoms with Crippen LogP contribution in [0.5, 0.6) is 0 Å². The van der Waals surface area contributed by atoms with Crippen LogP contribution in [0, 0.1) is 11.3 Å². The zero-order valence-electron chi connectivity index (χ0n) is 8.88. The van der Waals surface area contributed by atoms with Crippen LogP contribution in [0.15, 0.2) is 30.7 Å². The average Bonchev–Trinajstić information content (AvgIpc) is 2.73. The van der Waals surface area contributed by atoms with Crippen molar-refractivity contribution in [2.24, 2.45) is 7.05 Å². The Morgan fingerprint density at radius 2 is 2.31 bits per heavy atom. The molecule has 0 saturated carbocycles. The molecular formula is C11H11N5. The molecule has 0 aliphatic carbocycles. The Hall–Kier alpha value is -2.35. The molecule has 0 radical (unpaired) electrons. The number of hydrogen-bond acceptors (Lipinski definition) is 4. The van der Waals surface area contributed by atoms with E-state index in [2.05, 4.69) is 15.3 Å². The highest BCUT2D eigenvalue weighted by Gasteiger charge is 1.99. The second-order valence-electron chi connectivity index (χ2n) is 3.35. The topological polar surface area (TPSA) is 66.5 Å². The fourth-order valence-corrected chi connectivity index (χ4v) is 1.30. The third-order valence-electron chi connectivity index (χ3n) is 2.24. The standard InChI is InChI=1S/C11H11N5/c1-16-5-4-13-11(16)8-15-10-3-2-9(6-12)7-14-10/h2-5,7H,8H2,1H3,(H,14,15). The Morgan fingerprint density at radius 1 is 1.44 bits per heavy atom. The van der Waals surface area contributed by atoms with Crippen molar-refractivity contribution >= 4 is 5.82 Å². The molecule has 0 atom stereocenters. The van der Waals surface area contributed by atoms with Crippen molar-refractivity contribution in [3.8, 4) is 6.07 Å². The molecule has 0 spiro atoms. The van der Waals surface area contributed by atoms with Gasteiger partial charge in [-0.1, -0.05) is 0 Å². The minimum atomic E-state index is 0.558. The Bertz CT molecular complexity index is 506. The molecule has 1 N–H and O–H groups in total. The first-order valence-corrected chi connectivity index (χ1v) is 4.86. The van der Waals surface area contributed by atoms with Crippen molar-refractivity contribution in [3.63, 3.8) is 0 Å². The number of anilines is 1. The Balaban J connectivity index is 2.00. The zero-order chi connectivity index (χ0) is 11.4. The molecule has 16 heavy (non-hydrogen) atoms. The molecule has 0 bridgehead atoms. The molecular weight excluding hydrogens is 202 g/mol. The number of hydrogen-bond donors (Lipinski definition) is 1. The Labute approximate surface area is 93.4 Å². The third-order valence-corrected chi connectivity index (χ3v) is 2.24. The van der Waals surface area contributed by atoms with E-state index in [0.29, 0.717) is 12.1 Å². The van der Waals surface area contributed by atoms with Crippen LogP contribution in [-0.2, 0) is 13.6 Å². The van der Waals surface area contributed by atoms with Gasteiger partial charge in [0, 0.05) is 25.6 Å². The maximum absolute atomic E-state index is 8.62. The van der Waals surface area contributed by atoms with Crippen LogP contribution in [-0.4, -0.2) is 14.5 Å². The lowest BCUT2D eigenvalue weighted by Crippen LogP contribution is -2.06. The van der Waals surface area contributed by atoms with Crippen molar-refractivity contribution < 1.29 is 0 Å². The van der Waals surface area contributed by atoms with Gasteiger partial charge in [0.2, 0.25) is 0 Å². The highest BCUT2D eigenvalue weighted by atomic mass is 15.1. The van der Waals surface area contributed by atoms with E-state index in [9.17, 15) is 0 Å². The first-order valence-electron chi connectivity index (χ1n) is 4.86. The summed E-state index contributed by atoms with van der Waals surface area (Å²) in [6.07, 6.45) is 5.19. The lowest BCUT2D eigenvalue weighted by molar-refractivity contribution is 0.811. The summed E-state index contributed by atoms with van der Waals surface area (Å²) in [6, 6.07) is 5.54. The number of aromatic nitrogens is 3. The van der Waals surface area contributed by atoms with Crippen LogP contribution >= 0.6 is 0 Å². The number of imidazole rings is 1. The lowest BCUT2D eigenvalue weighted by atomic mass is 10.3. The smallest absolute Gasteiger partial charge is 0.127 e. The number of aryl methyl sites for hydroxylation is 1. The highest BCUT2D eigenvalue weighted by molar-refractivity contribution is 5.38. The molecule has 2 aromatic rings. The van der Waals surface area contributed by atoms with E-state index in [1.165, 1.54) is 0 Å². The van der Waals surface area contributed by atoms with Gasteiger partial charge in [-0.15, -0.1) is 0 Å². The second-order valence-corrected chi connectivity index (χ2v) is 3.35. The summed E-state index contributed by atoms with van der Waals surface area (Å²) < 4.78 is 1.94. The van der Waals surface area contributed by atoms with Crippen molar-refractivity contribution in [1.82, 2.24) is 14.5 Å². The lowest BCUT2D eigenvalue weighted by Gasteiger charge is -2.05. The molecule has 0 aliphatic heterocycles. The van der Waals surface area contributed by atoms with Crippen LogP contribution in [0.25, 0.3) is 0 Å². The van der Waals surface area contributed by atoms with E-state index in [0.717, 1.165) is 11.6 Å². The third kappa shape index (κ3) is 2.17. The second kappa shape index (κ2) is 4.45. The first kappa shape index (κ1) is 10.2. The van der Waals surface area contributed by atoms with Gasteiger partial charge in [-0.2, -0.15) is 5.26 Å². The van der Waals surface area contributed by atoms with Gasteiger partial charge in [0.15, 0.2) is 0 Å². The van der Waals surface area contributed by atoms with E-state index in [4.69, 9.17) is 5.26 Å². The predicted octanol–water partition coefficient (Wildman–Crippen LogP) is 1.30. The molecule has 2 aromatic heterocycles. The van der Waals surface area contributed by atoms with E-state index < -0.39 is 0 Å². The number of rotatable bonds is 3. The van der Waals surface area contributed by atoms with Gasteiger partial charge >= 0.3 is 0 Å². The molecule has 0 aromatic carbocycles. The van der Waals surface area contributed by atoms with E-state index >= 15 is 0 Å². The fourth-order valence-electron chi connectivity index (χ4n) is 1.30. The maximum Gasteiger partial charge on any atom is 0.127 e. The predicted molar refractivity (Wildman–Crippen MR) is 59.5 cm³/mol. The van der Waals surface area contributed by atoms with Gasteiger partial charge in [0.05, 0.1) is 12.1 Å². The maximum atomic E-state index is 8.62. The Morgan fingerprint density at radius 3 is 2.88 bits per heavy atom. The van der Waals surface area contributed by atoms with Crippen LogP contribution < -0.4 is 5.32 Å². The largest absolute Gasteiger partial charge is 0.363 e. The SMILES string of the molecule is Cn1ccnc1CNc1ccc(C#N)cn1. The van der Waals surface area contributed by atoms with Crippen LogP contribution in [0.1, 0.15) is 11.4 Å². The van der Waals surface area contributed by atoms with E-state index in [-0.39, 0.29) is 0 Å². The normalized spacial score (nSPS) is 9.75. The van der Waals surface area contributed by atoms with Gasteiger partial charge < -0.3 is 9.88 Å². The molecule has 5 heteroatoms. The van der Waals surface area contributed by atoms with Crippen molar-refractivity contribution in [1.29, 1.82) is 5.26 Å². The summed E-state index contributed by atoms with van der Waals surface area (Å²) in [6.45, 7) is 0.613. The highest BCUT2D eigenvalue weighted by Crippen LogP contribution is 2.05. The molecule has 80 valence electrons. The van der Waals surface area contributed by atoms with Crippen LogP contribution in [0.2, 0.25) is 0 Å². The molecule has 2 heterocycles. The van der Waals surface area contributed by atoms with Gasteiger partial charge in [0.1, 0.15) is 17.7 Å². The molecule has 0 unspecified atom stereocenters. The average molecular weight is 213 g/mol. The first-order chi connectivity index (χ1) is 7.79. The minimum absolute atomic E-state index is 0.558. The van der Waals surface area contributed by atoms with Crippen molar-refractivity contribution in [2.75, 3.05) is 5.32 Å². The molecule has 0 fully saturated rings. The summed E-state index contributed by atoms with van der Waals surface area (Å²) in [4.78, 5) is 8.29. The Kier molecular flexibility index (Phi) is 2.83. The summed E-state index contributed by atoms with van der Waals surface area (Å²) in [7, 11) is 1.94. The van der Waals surface area contributed by atoms with Gasteiger partial charge in [0.25, 0.3) is 0 Å². The van der Waals surface area contributed by atoms with E-state index in [1.807, 2.05) is 23.9 Å². The molecule has 0 amide bonds. The van der Waals surface area contributed by atoms with Crippen LogP contribution in [0.4, 0.5) is 5.82 Å². The number of nitriles is 1. The van der Waals surface area contributed by atoms with Gasteiger partial charge in [-0.3, -0.25) is 0 Å². The summed E-state index contributed by atoms with van der Waals surface area (Å²) in [5.41, 5.74) is 0.558. The van der Waals surface area contributed by atoms with Crippen molar-refractivity contribution in [2.45, 2.75) is 6.54 Å². The monoisotopic (exact) mass is 213 g/mol. The molecule has 0 saturated heterocycles.